The summed E-state index contributed by atoms with van der Waals surface area (Å²) in [5, 5.41) is 15.2. The van der Waals surface area contributed by atoms with Gasteiger partial charge in [-0.2, -0.15) is 0 Å². The number of amides is 2. The number of nitrogens with one attached hydrogen (secondary N) is 2. The molecule has 0 aliphatic carbocycles. The quantitative estimate of drug-likeness (QED) is 0.642. The second-order valence-corrected chi connectivity index (χ2v) is 5.45. The van der Waals surface area contributed by atoms with E-state index in [9.17, 15) is 9.59 Å². The third-order valence-electron chi connectivity index (χ3n) is 3.97. The number of rotatable bonds is 4. The summed E-state index contributed by atoms with van der Waals surface area (Å²) in [5.74, 6) is -1.22. The molecule has 2 rings (SSSR count). The van der Waals surface area contributed by atoms with E-state index >= 15 is 0 Å². The molecule has 2 aliphatic heterocycles. The Morgan fingerprint density at radius 1 is 1.25 bits per heavy atom. The van der Waals surface area contributed by atoms with Gasteiger partial charge in [0.2, 0.25) is 0 Å². The lowest BCUT2D eigenvalue weighted by atomic mass is 9.99. The summed E-state index contributed by atoms with van der Waals surface area (Å²) in [5.41, 5.74) is 0. The highest BCUT2D eigenvalue weighted by Gasteiger charge is 2.27. The predicted molar refractivity (Wildman–Crippen MR) is 74.6 cm³/mol. The lowest BCUT2D eigenvalue weighted by Crippen LogP contribution is -2.50. The van der Waals surface area contributed by atoms with Gasteiger partial charge >= 0.3 is 12.0 Å². The van der Waals surface area contributed by atoms with Gasteiger partial charge in [0, 0.05) is 52.4 Å². The van der Waals surface area contributed by atoms with Crippen molar-refractivity contribution in [1.29, 1.82) is 0 Å². The van der Waals surface area contributed by atoms with Crippen molar-refractivity contribution in [3.05, 3.63) is 0 Å². The maximum absolute atomic E-state index is 12.0. The minimum atomic E-state index is -0.802. The molecule has 0 aromatic heterocycles. The number of aliphatic carboxylic acids is 1. The van der Waals surface area contributed by atoms with Crippen molar-refractivity contribution in [2.45, 2.75) is 12.8 Å². The van der Waals surface area contributed by atoms with Gasteiger partial charge in [0.1, 0.15) is 0 Å². The summed E-state index contributed by atoms with van der Waals surface area (Å²) >= 11 is 0. The van der Waals surface area contributed by atoms with Gasteiger partial charge in [0.15, 0.2) is 0 Å². The second-order valence-electron chi connectivity index (χ2n) is 5.45. The fraction of sp³-hybridized carbons (Fsp3) is 0.846. The first-order valence-electron chi connectivity index (χ1n) is 7.35. The molecule has 7 heteroatoms. The predicted octanol–water partition coefficient (Wildman–Crippen LogP) is -0.602. The first-order chi connectivity index (χ1) is 9.66. The Morgan fingerprint density at radius 3 is 2.70 bits per heavy atom. The Bertz CT molecular complexity index is 345. The summed E-state index contributed by atoms with van der Waals surface area (Å²) in [4.78, 5) is 26.9. The Labute approximate surface area is 119 Å². The van der Waals surface area contributed by atoms with Crippen LogP contribution in [0.1, 0.15) is 12.8 Å². The number of urea groups is 1. The molecule has 0 aromatic rings. The molecule has 1 unspecified atom stereocenters. The van der Waals surface area contributed by atoms with Gasteiger partial charge in [0.25, 0.3) is 0 Å². The number of carboxylic acids is 1. The van der Waals surface area contributed by atoms with Gasteiger partial charge in [-0.1, -0.05) is 0 Å². The third kappa shape index (κ3) is 4.35. The normalized spacial score (nSPS) is 24.4. The van der Waals surface area contributed by atoms with Crippen LogP contribution in [-0.4, -0.2) is 79.3 Å². The fourth-order valence-corrected chi connectivity index (χ4v) is 2.73. The van der Waals surface area contributed by atoms with Gasteiger partial charge in [-0.05, 0) is 12.8 Å². The maximum atomic E-state index is 12.0. The van der Waals surface area contributed by atoms with Crippen LogP contribution in [0.3, 0.4) is 0 Å². The SMILES string of the molecule is O=C(O)C1CCCN(C(=O)NCCN2CCNCC2)C1. The van der Waals surface area contributed by atoms with Crippen molar-refractivity contribution >= 4 is 12.0 Å². The van der Waals surface area contributed by atoms with Crippen LogP contribution >= 0.6 is 0 Å². The van der Waals surface area contributed by atoms with Crippen LogP contribution in [0, 0.1) is 5.92 Å². The topological polar surface area (TPSA) is 84.9 Å². The summed E-state index contributed by atoms with van der Waals surface area (Å²) in [6.45, 7) is 6.48. The van der Waals surface area contributed by atoms with Gasteiger partial charge in [-0.3, -0.25) is 9.69 Å². The largest absolute Gasteiger partial charge is 0.481 e. The summed E-state index contributed by atoms with van der Waals surface area (Å²) < 4.78 is 0. The third-order valence-corrected chi connectivity index (χ3v) is 3.97. The highest BCUT2D eigenvalue weighted by Crippen LogP contribution is 2.16. The van der Waals surface area contributed by atoms with Crippen LogP contribution in [0.25, 0.3) is 0 Å². The van der Waals surface area contributed by atoms with E-state index < -0.39 is 11.9 Å². The number of piperidine rings is 1. The Hall–Kier alpha value is -1.34. The van der Waals surface area contributed by atoms with Gasteiger partial charge in [-0.25, -0.2) is 4.79 Å². The van der Waals surface area contributed by atoms with Crippen molar-refractivity contribution < 1.29 is 14.7 Å². The molecular formula is C13H24N4O3. The minimum absolute atomic E-state index is 0.133. The van der Waals surface area contributed by atoms with E-state index in [2.05, 4.69) is 15.5 Å². The van der Waals surface area contributed by atoms with Crippen molar-refractivity contribution in [3.63, 3.8) is 0 Å². The fourth-order valence-electron chi connectivity index (χ4n) is 2.73. The zero-order valence-electron chi connectivity index (χ0n) is 11.8. The van der Waals surface area contributed by atoms with Crippen LogP contribution in [0.4, 0.5) is 4.79 Å². The van der Waals surface area contributed by atoms with Gasteiger partial charge < -0.3 is 20.6 Å². The highest BCUT2D eigenvalue weighted by atomic mass is 16.4. The number of carboxylic acid groups (broad SMARTS) is 1. The van der Waals surface area contributed by atoms with E-state index in [1.54, 1.807) is 4.90 Å². The highest BCUT2D eigenvalue weighted by molar-refractivity contribution is 5.76. The molecule has 2 aliphatic rings. The number of nitrogens with zero attached hydrogens (tertiary/aromatic N) is 2. The first-order valence-corrected chi connectivity index (χ1v) is 7.35. The van der Waals surface area contributed by atoms with Gasteiger partial charge in [0.05, 0.1) is 5.92 Å². The molecule has 20 heavy (non-hydrogen) atoms. The minimum Gasteiger partial charge on any atom is -0.481 e. The molecule has 0 radical (unpaired) electrons. The van der Waals surface area contributed by atoms with Gasteiger partial charge in [-0.15, -0.1) is 0 Å². The number of piperazine rings is 1. The van der Waals surface area contributed by atoms with Crippen LogP contribution in [0.15, 0.2) is 0 Å². The molecule has 2 amide bonds. The van der Waals surface area contributed by atoms with Crippen LogP contribution in [-0.2, 0) is 4.79 Å². The Morgan fingerprint density at radius 2 is 2.00 bits per heavy atom. The van der Waals surface area contributed by atoms with Crippen LogP contribution in [0.2, 0.25) is 0 Å². The average Bonchev–Trinajstić information content (AvgIpc) is 2.48. The number of likely N-dealkylation sites (tertiary alicyclic amines) is 1. The Balaban J connectivity index is 1.67. The molecular weight excluding hydrogens is 260 g/mol. The average molecular weight is 284 g/mol. The van der Waals surface area contributed by atoms with Crippen LogP contribution < -0.4 is 10.6 Å². The molecule has 114 valence electrons. The summed E-state index contributed by atoms with van der Waals surface area (Å²) in [6, 6.07) is -0.133. The molecule has 0 saturated carbocycles. The smallest absolute Gasteiger partial charge is 0.317 e. The summed E-state index contributed by atoms with van der Waals surface area (Å²) in [7, 11) is 0. The number of hydrogen-bond donors (Lipinski definition) is 3. The molecule has 2 saturated heterocycles. The molecule has 0 spiro atoms. The first kappa shape index (κ1) is 15.1. The number of hydrogen-bond acceptors (Lipinski definition) is 4. The summed E-state index contributed by atoms with van der Waals surface area (Å²) in [6.07, 6.45) is 1.43. The lowest BCUT2D eigenvalue weighted by Gasteiger charge is -2.31. The van der Waals surface area contributed by atoms with E-state index in [0.717, 1.165) is 39.1 Å². The van der Waals surface area contributed by atoms with Crippen LogP contribution in [0.5, 0.6) is 0 Å². The van der Waals surface area contributed by atoms with E-state index in [0.29, 0.717) is 26.1 Å². The standard InChI is InChI=1S/C13H24N4O3/c18-12(19)11-2-1-6-17(10-11)13(20)15-5-9-16-7-3-14-4-8-16/h11,14H,1-10H2,(H,15,20)(H,18,19). The Kier molecular flexibility index (Phi) is 5.60. The molecule has 3 N–H and O–H groups in total. The molecule has 2 heterocycles. The molecule has 2 fully saturated rings. The maximum Gasteiger partial charge on any atom is 0.317 e. The molecule has 0 bridgehead atoms. The van der Waals surface area contributed by atoms with E-state index in [4.69, 9.17) is 5.11 Å². The van der Waals surface area contributed by atoms with Crippen molar-refractivity contribution in [2.75, 3.05) is 52.4 Å². The molecule has 1 atom stereocenters. The monoisotopic (exact) mass is 284 g/mol. The van der Waals surface area contributed by atoms with E-state index in [1.165, 1.54) is 0 Å². The zero-order valence-corrected chi connectivity index (χ0v) is 11.8. The molecule has 0 aromatic carbocycles. The molecule has 7 nitrogen and oxygen atoms in total. The number of carbonyl (C=O) groups excluding carboxylic acids is 1. The lowest BCUT2D eigenvalue weighted by molar-refractivity contribution is -0.143. The van der Waals surface area contributed by atoms with Crippen molar-refractivity contribution in [1.82, 2.24) is 20.4 Å². The zero-order chi connectivity index (χ0) is 14.4. The van der Waals surface area contributed by atoms with Crippen molar-refractivity contribution in [3.8, 4) is 0 Å². The van der Waals surface area contributed by atoms with E-state index in [-0.39, 0.29) is 6.03 Å². The van der Waals surface area contributed by atoms with E-state index in [1.807, 2.05) is 0 Å². The van der Waals surface area contributed by atoms with Crippen molar-refractivity contribution in [2.24, 2.45) is 5.92 Å². The number of carbonyl (C=O) groups is 2. The second kappa shape index (κ2) is 7.44.